The topological polar surface area (TPSA) is 60.2 Å². The van der Waals surface area contributed by atoms with Gasteiger partial charge in [-0.05, 0) is 13.8 Å². The zero-order chi connectivity index (χ0) is 13.3. The summed E-state index contributed by atoms with van der Waals surface area (Å²) in [6.45, 7) is 6.19. The predicted octanol–water partition coefficient (Wildman–Crippen LogP) is 2.95. The van der Waals surface area contributed by atoms with Gasteiger partial charge in [-0.25, -0.2) is 0 Å². The SMILES string of the molecule is CC(C)(C(=O)c1ccccc1)C(C)(C)[N+](=O)[O-]. The number of nitrogens with zero attached hydrogens (tertiary/aromatic N) is 1. The highest BCUT2D eigenvalue weighted by Crippen LogP contribution is 2.36. The van der Waals surface area contributed by atoms with Crippen LogP contribution < -0.4 is 0 Å². The van der Waals surface area contributed by atoms with Crippen LogP contribution in [-0.2, 0) is 0 Å². The van der Waals surface area contributed by atoms with Crippen molar-refractivity contribution in [3.8, 4) is 0 Å². The maximum absolute atomic E-state index is 12.3. The van der Waals surface area contributed by atoms with E-state index in [1.54, 1.807) is 38.1 Å². The fraction of sp³-hybridized carbons (Fsp3) is 0.462. The minimum atomic E-state index is -1.31. The average molecular weight is 235 g/mol. The molecule has 1 aromatic carbocycles. The molecule has 0 unspecified atom stereocenters. The predicted molar refractivity (Wildman–Crippen MR) is 65.6 cm³/mol. The third-order valence-corrected chi connectivity index (χ3v) is 3.59. The minimum Gasteiger partial charge on any atom is -0.293 e. The highest BCUT2D eigenvalue weighted by molar-refractivity contribution is 6.00. The van der Waals surface area contributed by atoms with E-state index in [2.05, 4.69) is 0 Å². The van der Waals surface area contributed by atoms with Gasteiger partial charge in [0, 0.05) is 24.3 Å². The zero-order valence-electron chi connectivity index (χ0n) is 10.6. The molecule has 0 bridgehead atoms. The van der Waals surface area contributed by atoms with Gasteiger partial charge in [0.2, 0.25) is 5.54 Å². The lowest BCUT2D eigenvalue weighted by Gasteiger charge is -2.32. The summed E-state index contributed by atoms with van der Waals surface area (Å²) in [5.41, 5.74) is -1.86. The lowest BCUT2D eigenvalue weighted by Crippen LogP contribution is -2.50. The van der Waals surface area contributed by atoms with Crippen molar-refractivity contribution >= 4 is 5.78 Å². The van der Waals surface area contributed by atoms with Crippen LogP contribution in [0.3, 0.4) is 0 Å². The number of benzene rings is 1. The fourth-order valence-corrected chi connectivity index (χ4v) is 1.46. The van der Waals surface area contributed by atoms with Gasteiger partial charge in [0.1, 0.15) is 0 Å². The van der Waals surface area contributed by atoms with Crippen molar-refractivity contribution in [2.24, 2.45) is 5.41 Å². The number of rotatable bonds is 4. The van der Waals surface area contributed by atoms with Crippen LogP contribution in [0.15, 0.2) is 30.3 Å². The summed E-state index contributed by atoms with van der Waals surface area (Å²) < 4.78 is 0. The minimum absolute atomic E-state index is 0.209. The van der Waals surface area contributed by atoms with Crippen LogP contribution in [0, 0.1) is 15.5 Å². The van der Waals surface area contributed by atoms with Crippen molar-refractivity contribution in [3.63, 3.8) is 0 Å². The quantitative estimate of drug-likeness (QED) is 0.458. The first-order valence-electron chi connectivity index (χ1n) is 5.45. The molecule has 0 heterocycles. The Morgan fingerprint density at radius 1 is 1.12 bits per heavy atom. The summed E-state index contributed by atoms with van der Waals surface area (Å²) in [4.78, 5) is 23.0. The first-order chi connectivity index (χ1) is 7.71. The lowest BCUT2D eigenvalue weighted by molar-refractivity contribution is -0.575. The summed E-state index contributed by atoms with van der Waals surface area (Å²) in [5, 5.41) is 11.1. The monoisotopic (exact) mass is 235 g/mol. The molecule has 1 rings (SSSR count). The van der Waals surface area contributed by atoms with Crippen molar-refractivity contribution in [2.45, 2.75) is 33.2 Å². The molecule has 0 aliphatic heterocycles. The van der Waals surface area contributed by atoms with E-state index >= 15 is 0 Å². The summed E-state index contributed by atoms with van der Waals surface area (Å²) >= 11 is 0. The average Bonchev–Trinajstić information content (AvgIpc) is 2.28. The van der Waals surface area contributed by atoms with Crippen LogP contribution in [0.4, 0.5) is 0 Å². The largest absolute Gasteiger partial charge is 0.293 e. The first kappa shape index (κ1) is 13.4. The Morgan fingerprint density at radius 2 is 1.59 bits per heavy atom. The van der Waals surface area contributed by atoms with Crippen molar-refractivity contribution in [1.82, 2.24) is 0 Å². The molecule has 0 spiro atoms. The molecule has 0 saturated carbocycles. The number of carbonyl (C=O) groups is 1. The second-order valence-electron chi connectivity index (χ2n) is 5.14. The van der Waals surface area contributed by atoms with E-state index < -0.39 is 15.9 Å². The van der Waals surface area contributed by atoms with Crippen molar-refractivity contribution < 1.29 is 9.72 Å². The molecule has 0 radical (unpaired) electrons. The molecule has 0 aromatic heterocycles. The first-order valence-corrected chi connectivity index (χ1v) is 5.45. The Balaban J connectivity index is 3.16. The summed E-state index contributed by atoms with van der Waals surface area (Å²) in [6.07, 6.45) is 0. The molecule has 0 saturated heterocycles. The van der Waals surface area contributed by atoms with E-state index in [-0.39, 0.29) is 5.78 Å². The Kier molecular flexibility index (Phi) is 3.36. The number of carbonyl (C=O) groups excluding carboxylic acids is 1. The van der Waals surface area contributed by atoms with Crippen LogP contribution >= 0.6 is 0 Å². The Morgan fingerprint density at radius 3 is 2.00 bits per heavy atom. The normalized spacial score (nSPS) is 12.2. The molecular formula is C13H17NO3. The molecule has 0 fully saturated rings. The Labute approximate surface area is 101 Å². The van der Waals surface area contributed by atoms with Gasteiger partial charge >= 0.3 is 0 Å². The molecule has 0 amide bonds. The van der Waals surface area contributed by atoms with E-state index in [1.807, 2.05) is 6.07 Å². The maximum atomic E-state index is 12.3. The van der Waals surface area contributed by atoms with Crippen molar-refractivity contribution in [2.75, 3.05) is 0 Å². The fourth-order valence-electron chi connectivity index (χ4n) is 1.46. The van der Waals surface area contributed by atoms with Crippen LogP contribution in [0.1, 0.15) is 38.1 Å². The third kappa shape index (κ3) is 2.20. The lowest BCUT2D eigenvalue weighted by atomic mass is 9.70. The molecular weight excluding hydrogens is 218 g/mol. The van der Waals surface area contributed by atoms with E-state index in [0.717, 1.165) is 0 Å². The molecule has 92 valence electrons. The summed E-state index contributed by atoms with van der Waals surface area (Å²) in [5.74, 6) is -0.209. The van der Waals surface area contributed by atoms with E-state index in [4.69, 9.17) is 0 Å². The van der Waals surface area contributed by atoms with E-state index in [1.165, 1.54) is 13.8 Å². The molecule has 0 atom stereocenters. The Bertz CT molecular complexity index is 435. The Hall–Kier alpha value is -1.71. The van der Waals surface area contributed by atoms with Gasteiger partial charge < -0.3 is 0 Å². The number of Topliss-reactive ketones (excluding diaryl/α,β-unsaturated/α-hetero) is 1. The van der Waals surface area contributed by atoms with E-state index in [9.17, 15) is 14.9 Å². The van der Waals surface area contributed by atoms with Gasteiger partial charge in [0.25, 0.3) is 0 Å². The highest BCUT2D eigenvalue weighted by Gasteiger charge is 2.52. The van der Waals surface area contributed by atoms with Crippen LogP contribution in [0.5, 0.6) is 0 Å². The smallest absolute Gasteiger partial charge is 0.228 e. The molecule has 4 heteroatoms. The summed E-state index contributed by atoms with van der Waals surface area (Å²) in [6, 6.07) is 8.67. The van der Waals surface area contributed by atoms with Crippen LogP contribution in [0.2, 0.25) is 0 Å². The van der Waals surface area contributed by atoms with E-state index in [0.29, 0.717) is 5.56 Å². The van der Waals surface area contributed by atoms with Gasteiger partial charge in [-0.15, -0.1) is 0 Å². The van der Waals surface area contributed by atoms with Gasteiger partial charge in [-0.2, -0.15) is 0 Å². The van der Waals surface area contributed by atoms with Crippen molar-refractivity contribution in [3.05, 3.63) is 46.0 Å². The number of ketones is 1. The molecule has 17 heavy (non-hydrogen) atoms. The standard InChI is InChI=1S/C13H17NO3/c1-12(2,13(3,4)14(16)17)11(15)10-8-6-5-7-9-10/h5-9H,1-4H3. The van der Waals surface area contributed by atoms with Gasteiger partial charge in [-0.3, -0.25) is 14.9 Å². The molecule has 0 aliphatic carbocycles. The third-order valence-electron chi connectivity index (χ3n) is 3.59. The zero-order valence-corrected chi connectivity index (χ0v) is 10.6. The maximum Gasteiger partial charge on any atom is 0.228 e. The summed E-state index contributed by atoms with van der Waals surface area (Å²) in [7, 11) is 0. The molecule has 4 nitrogen and oxygen atoms in total. The number of nitro groups is 1. The second kappa shape index (κ2) is 4.28. The molecule has 1 aromatic rings. The second-order valence-corrected chi connectivity index (χ2v) is 5.14. The molecule has 0 aliphatic rings. The van der Waals surface area contributed by atoms with Gasteiger partial charge in [0.05, 0.1) is 5.41 Å². The van der Waals surface area contributed by atoms with Gasteiger partial charge in [-0.1, -0.05) is 30.3 Å². The van der Waals surface area contributed by atoms with Crippen molar-refractivity contribution in [1.29, 1.82) is 0 Å². The van der Waals surface area contributed by atoms with Crippen LogP contribution in [0.25, 0.3) is 0 Å². The number of hydrogen-bond acceptors (Lipinski definition) is 3. The molecule has 0 N–H and O–H groups in total. The van der Waals surface area contributed by atoms with Gasteiger partial charge in [0.15, 0.2) is 5.78 Å². The number of hydrogen-bond donors (Lipinski definition) is 0. The van der Waals surface area contributed by atoms with Crippen LogP contribution in [-0.4, -0.2) is 16.2 Å². The highest BCUT2D eigenvalue weighted by atomic mass is 16.6.